The molecule has 0 fully saturated rings. The van der Waals surface area contributed by atoms with Crippen LogP contribution in [0.1, 0.15) is 15.9 Å². The van der Waals surface area contributed by atoms with Crippen LogP contribution in [0.5, 0.6) is 11.5 Å². The average Bonchev–Trinajstić information content (AvgIpc) is 2.66. The Bertz CT molecular complexity index is 814. The van der Waals surface area contributed by atoms with E-state index in [1.807, 2.05) is 0 Å². The van der Waals surface area contributed by atoms with Gasteiger partial charge < -0.3 is 19.5 Å². The Hall–Kier alpha value is -2.51. The minimum Gasteiger partial charge on any atom is -0.493 e. The molecule has 0 saturated carbocycles. The number of benzene rings is 1. The van der Waals surface area contributed by atoms with E-state index in [-0.39, 0.29) is 22.3 Å². The van der Waals surface area contributed by atoms with Crippen LogP contribution in [-0.4, -0.2) is 37.7 Å². The molecule has 9 heteroatoms. The van der Waals surface area contributed by atoms with E-state index in [0.29, 0.717) is 11.5 Å². The lowest BCUT2D eigenvalue weighted by Gasteiger charge is -2.10. The number of hydrogen-bond donors (Lipinski definition) is 1. The predicted molar refractivity (Wildman–Crippen MR) is 95.9 cm³/mol. The highest BCUT2D eigenvalue weighted by molar-refractivity contribution is 6.41. The van der Waals surface area contributed by atoms with Crippen LogP contribution >= 0.6 is 23.2 Å². The zero-order valence-electron chi connectivity index (χ0n) is 14.0. The molecule has 26 heavy (non-hydrogen) atoms. The molecule has 1 aromatic carbocycles. The summed E-state index contributed by atoms with van der Waals surface area (Å²) in [4.78, 5) is 27.5. The Morgan fingerprint density at radius 2 is 1.85 bits per heavy atom. The molecule has 0 atom stereocenters. The summed E-state index contributed by atoms with van der Waals surface area (Å²) in [6.45, 7) is -0.197. The lowest BCUT2D eigenvalue weighted by atomic mass is 10.2. The van der Waals surface area contributed by atoms with Crippen LogP contribution in [0.2, 0.25) is 10.2 Å². The number of nitrogens with zero attached hydrogens (tertiary/aromatic N) is 1. The van der Waals surface area contributed by atoms with E-state index in [0.717, 1.165) is 5.56 Å². The number of aromatic nitrogens is 1. The highest BCUT2D eigenvalue weighted by Crippen LogP contribution is 2.27. The fraction of sp³-hybridized carbons (Fsp3) is 0.235. The van der Waals surface area contributed by atoms with Crippen molar-refractivity contribution >= 4 is 35.1 Å². The lowest BCUT2D eigenvalue weighted by Crippen LogP contribution is -2.28. The number of carbonyl (C=O) groups is 2. The van der Waals surface area contributed by atoms with Gasteiger partial charge >= 0.3 is 5.97 Å². The van der Waals surface area contributed by atoms with Gasteiger partial charge in [0.1, 0.15) is 5.15 Å². The fourth-order valence-electron chi connectivity index (χ4n) is 1.99. The topological polar surface area (TPSA) is 86.8 Å². The molecule has 7 nitrogen and oxygen atoms in total. The van der Waals surface area contributed by atoms with E-state index in [4.69, 9.17) is 37.4 Å². The van der Waals surface area contributed by atoms with Gasteiger partial charge in [-0.15, -0.1) is 0 Å². The first kappa shape index (κ1) is 19.8. The summed E-state index contributed by atoms with van der Waals surface area (Å²) >= 11 is 11.5. The van der Waals surface area contributed by atoms with Crippen LogP contribution in [0.25, 0.3) is 0 Å². The molecule has 138 valence electrons. The number of nitrogens with one attached hydrogen (secondary N) is 1. The van der Waals surface area contributed by atoms with Crippen molar-refractivity contribution in [2.45, 2.75) is 6.54 Å². The number of ether oxygens (including phenoxy) is 3. The average molecular weight is 399 g/mol. The Morgan fingerprint density at radius 1 is 1.12 bits per heavy atom. The lowest BCUT2D eigenvalue weighted by molar-refractivity contribution is -0.124. The fourth-order valence-corrected chi connectivity index (χ4v) is 2.26. The second-order valence-corrected chi connectivity index (χ2v) is 5.80. The highest BCUT2D eigenvalue weighted by Gasteiger charge is 2.13. The number of halogens is 2. The first-order chi connectivity index (χ1) is 12.4. The SMILES string of the molecule is COc1ccc(CNC(=O)COC(=O)c2cnc(Cl)c(Cl)c2)cc1OC. The van der Waals surface area contributed by atoms with Gasteiger partial charge in [0.25, 0.3) is 5.91 Å². The van der Waals surface area contributed by atoms with E-state index >= 15 is 0 Å². The Morgan fingerprint density at radius 3 is 2.50 bits per heavy atom. The molecule has 2 rings (SSSR count). The van der Waals surface area contributed by atoms with E-state index in [1.165, 1.54) is 26.5 Å². The van der Waals surface area contributed by atoms with Gasteiger partial charge in [-0.1, -0.05) is 29.3 Å². The molecule has 1 aromatic heterocycles. The number of amides is 1. The summed E-state index contributed by atoms with van der Waals surface area (Å²) in [6.07, 6.45) is 1.22. The van der Waals surface area contributed by atoms with Crippen LogP contribution in [0.15, 0.2) is 30.5 Å². The van der Waals surface area contributed by atoms with Crippen molar-refractivity contribution < 1.29 is 23.8 Å². The van der Waals surface area contributed by atoms with Crippen LogP contribution in [0.4, 0.5) is 0 Å². The molecule has 1 N–H and O–H groups in total. The van der Waals surface area contributed by atoms with Gasteiger partial charge in [0.15, 0.2) is 18.1 Å². The van der Waals surface area contributed by atoms with Gasteiger partial charge in [-0.05, 0) is 23.8 Å². The van der Waals surface area contributed by atoms with E-state index in [1.54, 1.807) is 18.2 Å². The van der Waals surface area contributed by atoms with Crippen LogP contribution < -0.4 is 14.8 Å². The molecule has 0 saturated heterocycles. The van der Waals surface area contributed by atoms with E-state index in [9.17, 15) is 9.59 Å². The van der Waals surface area contributed by atoms with Crippen molar-refractivity contribution in [1.29, 1.82) is 0 Å². The minimum absolute atomic E-state index is 0.0795. The molecule has 1 amide bonds. The first-order valence-corrected chi connectivity index (χ1v) is 8.16. The molecule has 0 radical (unpaired) electrons. The molecule has 0 unspecified atom stereocenters. The molecule has 0 bridgehead atoms. The zero-order chi connectivity index (χ0) is 19.1. The second-order valence-electron chi connectivity index (χ2n) is 5.04. The maximum absolute atomic E-state index is 11.9. The van der Waals surface area contributed by atoms with Crippen molar-refractivity contribution in [3.8, 4) is 11.5 Å². The number of methoxy groups -OCH3 is 2. The highest BCUT2D eigenvalue weighted by atomic mass is 35.5. The number of rotatable bonds is 7. The van der Waals surface area contributed by atoms with Gasteiger partial charge in [0, 0.05) is 12.7 Å². The maximum Gasteiger partial charge on any atom is 0.340 e. The van der Waals surface area contributed by atoms with Crippen LogP contribution in [0, 0.1) is 0 Å². The largest absolute Gasteiger partial charge is 0.493 e. The third kappa shape index (κ3) is 5.24. The summed E-state index contributed by atoms with van der Waals surface area (Å²) in [7, 11) is 3.06. The molecule has 1 heterocycles. The maximum atomic E-state index is 11.9. The molecule has 0 aliphatic carbocycles. The van der Waals surface area contributed by atoms with Crippen molar-refractivity contribution in [2.24, 2.45) is 0 Å². The first-order valence-electron chi connectivity index (χ1n) is 7.40. The van der Waals surface area contributed by atoms with Gasteiger partial charge in [-0.3, -0.25) is 4.79 Å². The third-order valence-electron chi connectivity index (χ3n) is 3.30. The molecular formula is C17H16Cl2N2O5. The standard InChI is InChI=1S/C17H16Cl2N2O5/c1-24-13-4-3-10(5-14(13)25-2)7-20-15(22)9-26-17(23)11-6-12(18)16(19)21-8-11/h3-6,8H,7,9H2,1-2H3,(H,20,22). The predicted octanol–water partition coefficient (Wildman–Crippen LogP) is 2.88. The summed E-state index contributed by atoms with van der Waals surface area (Å²) < 4.78 is 15.3. The molecule has 2 aromatic rings. The van der Waals surface area contributed by atoms with Crippen molar-refractivity contribution in [3.63, 3.8) is 0 Å². The molecule has 0 aliphatic heterocycles. The van der Waals surface area contributed by atoms with Crippen molar-refractivity contribution in [2.75, 3.05) is 20.8 Å². The Balaban J connectivity index is 1.85. The molecular weight excluding hydrogens is 383 g/mol. The summed E-state index contributed by atoms with van der Waals surface area (Å²) in [5.74, 6) is -0.0389. The minimum atomic E-state index is -0.725. The monoisotopic (exact) mass is 398 g/mol. The summed E-state index contributed by atoms with van der Waals surface area (Å²) in [5.41, 5.74) is 0.906. The third-order valence-corrected chi connectivity index (χ3v) is 3.99. The van der Waals surface area contributed by atoms with Gasteiger partial charge in [0.2, 0.25) is 0 Å². The zero-order valence-corrected chi connectivity index (χ0v) is 15.6. The number of carbonyl (C=O) groups excluding carboxylic acids is 2. The smallest absolute Gasteiger partial charge is 0.340 e. The second kappa shape index (κ2) is 9.26. The van der Waals surface area contributed by atoms with Crippen LogP contribution in [-0.2, 0) is 16.1 Å². The quantitative estimate of drug-likeness (QED) is 0.569. The normalized spacial score (nSPS) is 10.2. The van der Waals surface area contributed by atoms with Crippen molar-refractivity contribution in [1.82, 2.24) is 10.3 Å². The van der Waals surface area contributed by atoms with E-state index < -0.39 is 18.5 Å². The molecule has 0 spiro atoms. The Kier molecular flexibility index (Phi) is 7.06. The van der Waals surface area contributed by atoms with Gasteiger partial charge in [-0.25, -0.2) is 9.78 Å². The Labute approximate surface area is 160 Å². The van der Waals surface area contributed by atoms with Gasteiger partial charge in [-0.2, -0.15) is 0 Å². The summed E-state index contributed by atoms with van der Waals surface area (Å²) in [6, 6.07) is 6.58. The van der Waals surface area contributed by atoms with E-state index in [2.05, 4.69) is 10.3 Å². The number of pyridine rings is 1. The van der Waals surface area contributed by atoms with Crippen LogP contribution in [0.3, 0.4) is 0 Å². The molecule has 0 aliphatic rings. The van der Waals surface area contributed by atoms with Crippen molar-refractivity contribution in [3.05, 3.63) is 51.8 Å². The van der Waals surface area contributed by atoms with Gasteiger partial charge in [0.05, 0.1) is 24.8 Å². The number of esters is 1. The summed E-state index contributed by atoms with van der Waals surface area (Å²) in [5, 5.41) is 2.84. The number of hydrogen-bond acceptors (Lipinski definition) is 6.